The fourth-order valence-electron chi connectivity index (χ4n) is 3.35. The van der Waals surface area contributed by atoms with Crippen molar-refractivity contribution in [2.24, 2.45) is 4.99 Å². The smallest absolute Gasteiger partial charge is 0.203 e. The molecule has 0 amide bonds. The first-order valence-electron chi connectivity index (χ1n) is 9.98. The van der Waals surface area contributed by atoms with E-state index in [4.69, 9.17) is 23.9 Å². The molecule has 1 aliphatic heterocycles. The zero-order valence-electron chi connectivity index (χ0n) is 17.7. The Morgan fingerprint density at radius 1 is 0.966 bits per heavy atom. The van der Waals surface area contributed by atoms with Gasteiger partial charge in [0.05, 0.1) is 33.6 Å². The molecule has 0 atom stereocenters. The van der Waals surface area contributed by atoms with Gasteiger partial charge in [0.25, 0.3) is 0 Å². The normalized spacial score (nSPS) is 13.0. The number of benzene rings is 2. The Balaban J connectivity index is 1.83. The number of unbranched alkanes of at least 4 members (excludes halogenated alkanes) is 1. The van der Waals surface area contributed by atoms with Crippen molar-refractivity contribution in [3.63, 3.8) is 0 Å². The highest BCUT2D eigenvalue weighted by molar-refractivity contribution is 6.12. The van der Waals surface area contributed by atoms with Gasteiger partial charge in [-0.05, 0) is 60.4 Å². The maximum atomic E-state index is 5.85. The van der Waals surface area contributed by atoms with Crippen LogP contribution in [-0.2, 0) is 6.42 Å². The quantitative estimate of drug-likeness (QED) is 0.564. The predicted octanol–water partition coefficient (Wildman–Crippen LogP) is 4.95. The van der Waals surface area contributed by atoms with Crippen LogP contribution in [0.2, 0.25) is 0 Å². The van der Waals surface area contributed by atoms with Crippen LogP contribution in [0.4, 0.5) is 0 Å². The van der Waals surface area contributed by atoms with Crippen LogP contribution >= 0.6 is 0 Å². The lowest BCUT2D eigenvalue weighted by atomic mass is 9.96. The van der Waals surface area contributed by atoms with Gasteiger partial charge < -0.3 is 18.9 Å². The highest BCUT2D eigenvalue weighted by atomic mass is 16.5. The highest BCUT2D eigenvalue weighted by Gasteiger charge is 2.15. The van der Waals surface area contributed by atoms with E-state index >= 15 is 0 Å². The molecule has 0 spiro atoms. The second-order valence-electron chi connectivity index (χ2n) is 6.83. The van der Waals surface area contributed by atoms with E-state index in [1.807, 2.05) is 30.4 Å². The molecule has 1 heterocycles. The van der Waals surface area contributed by atoms with Crippen molar-refractivity contribution < 1.29 is 18.9 Å². The van der Waals surface area contributed by atoms with Crippen LogP contribution in [-0.4, -0.2) is 40.2 Å². The number of allylic oxidation sites excluding steroid dienone is 1. The Kier molecular flexibility index (Phi) is 7.17. The van der Waals surface area contributed by atoms with E-state index in [9.17, 15) is 0 Å². The average molecular weight is 395 g/mol. The van der Waals surface area contributed by atoms with E-state index in [0.29, 0.717) is 17.2 Å². The predicted molar refractivity (Wildman–Crippen MR) is 117 cm³/mol. The molecule has 2 aromatic rings. The molecule has 0 saturated heterocycles. The maximum Gasteiger partial charge on any atom is 0.203 e. The van der Waals surface area contributed by atoms with Gasteiger partial charge in [0.2, 0.25) is 5.75 Å². The minimum Gasteiger partial charge on any atom is -0.494 e. The van der Waals surface area contributed by atoms with Crippen LogP contribution in [0.3, 0.4) is 0 Å². The van der Waals surface area contributed by atoms with E-state index in [-0.39, 0.29) is 0 Å². The minimum absolute atomic E-state index is 0.586. The summed E-state index contributed by atoms with van der Waals surface area (Å²) in [5, 5.41) is 0. The van der Waals surface area contributed by atoms with Crippen molar-refractivity contribution in [2.75, 3.05) is 34.5 Å². The van der Waals surface area contributed by atoms with Gasteiger partial charge in [-0.25, -0.2) is 0 Å². The summed E-state index contributed by atoms with van der Waals surface area (Å²) in [6.45, 7) is 3.71. The molecule has 1 aliphatic rings. The Labute approximate surface area is 173 Å². The number of fused-ring (bicyclic) bond motifs is 1. The molecule has 5 nitrogen and oxygen atoms in total. The lowest BCUT2D eigenvalue weighted by Gasteiger charge is -2.17. The lowest BCUT2D eigenvalue weighted by molar-refractivity contribution is 0.309. The van der Waals surface area contributed by atoms with Gasteiger partial charge in [0, 0.05) is 12.1 Å². The van der Waals surface area contributed by atoms with Crippen LogP contribution in [0, 0.1) is 0 Å². The molecule has 0 saturated carbocycles. The zero-order chi connectivity index (χ0) is 20.6. The molecular weight excluding hydrogens is 366 g/mol. The van der Waals surface area contributed by atoms with Gasteiger partial charge in [-0.3, -0.25) is 4.99 Å². The van der Waals surface area contributed by atoms with Gasteiger partial charge >= 0.3 is 0 Å². The summed E-state index contributed by atoms with van der Waals surface area (Å²) in [6, 6.07) is 10.1. The van der Waals surface area contributed by atoms with Crippen molar-refractivity contribution in [3.05, 3.63) is 53.1 Å². The van der Waals surface area contributed by atoms with Crippen molar-refractivity contribution in [2.45, 2.75) is 26.2 Å². The topological polar surface area (TPSA) is 49.3 Å². The molecule has 0 aromatic heterocycles. The summed E-state index contributed by atoms with van der Waals surface area (Å²) >= 11 is 0. The van der Waals surface area contributed by atoms with E-state index in [1.165, 1.54) is 5.56 Å². The van der Waals surface area contributed by atoms with Crippen molar-refractivity contribution >= 4 is 11.8 Å². The second-order valence-corrected chi connectivity index (χ2v) is 6.83. The second kappa shape index (κ2) is 10.0. The zero-order valence-corrected chi connectivity index (χ0v) is 17.7. The average Bonchev–Trinajstić information content (AvgIpc) is 2.76. The standard InChI is InChI=1S/C24H29NO4/c1-5-6-13-29-19-8-9-20-18(16-19)11-12-25-21(20)10-7-17-14-22(26-2)24(28-4)23(15-17)27-3/h7-10,14-16H,5-6,11-13H2,1-4H3. The number of hydrogen-bond donors (Lipinski definition) is 0. The summed E-state index contributed by atoms with van der Waals surface area (Å²) in [4.78, 5) is 4.71. The Hall–Kier alpha value is -2.95. The molecule has 0 fully saturated rings. The SMILES string of the molecule is CCCCOc1ccc2c(c1)CCN=C2C=Cc1cc(OC)c(OC)c(OC)c1. The molecule has 5 heteroatoms. The third-order valence-corrected chi connectivity index (χ3v) is 4.90. The molecule has 0 aliphatic carbocycles. The van der Waals surface area contributed by atoms with E-state index in [2.05, 4.69) is 19.1 Å². The molecule has 0 bridgehead atoms. The van der Waals surface area contributed by atoms with Crippen LogP contribution in [0.1, 0.15) is 36.5 Å². The molecular formula is C24H29NO4. The molecule has 154 valence electrons. The first-order chi connectivity index (χ1) is 14.2. The van der Waals surface area contributed by atoms with Gasteiger partial charge in [0.1, 0.15) is 5.75 Å². The number of methoxy groups -OCH3 is 3. The highest BCUT2D eigenvalue weighted by Crippen LogP contribution is 2.38. The van der Waals surface area contributed by atoms with E-state index < -0.39 is 0 Å². The molecule has 3 rings (SSSR count). The third kappa shape index (κ3) is 4.91. The number of nitrogens with zero attached hydrogens (tertiary/aromatic N) is 1. The van der Waals surface area contributed by atoms with Gasteiger partial charge in [-0.1, -0.05) is 19.4 Å². The summed E-state index contributed by atoms with van der Waals surface area (Å²) in [5.74, 6) is 2.79. The van der Waals surface area contributed by atoms with Crippen LogP contribution < -0.4 is 18.9 Å². The summed E-state index contributed by atoms with van der Waals surface area (Å²) in [7, 11) is 4.84. The van der Waals surface area contributed by atoms with Crippen LogP contribution in [0.25, 0.3) is 6.08 Å². The van der Waals surface area contributed by atoms with Crippen molar-refractivity contribution in [1.82, 2.24) is 0 Å². The number of aliphatic imine (C=N–C) groups is 1. The van der Waals surface area contributed by atoms with Gasteiger partial charge in [0.15, 0.2) is 11.5 Å². The first-order valence-corrected chi connectivity index (χ1v) is 9.98. The lowest BCUT2D eigenvalue weighted by Crippen LogP contribution is -2.11. The molecule has 2 aromatic carbocycles. The number of rotatable bonds is 9. The van der Waals surface area contributed by atoms with Crippen LogP contribution in [0.5, 0.6) is 23.0 Å². The Morgan fingerprint density at radius 2 is 1.72 bits per heavy atom. The fraction of sp³-hybridized carbons (Fsp3) is 0.375. The largest absolute Gasteiger partial charge is 0.494 e. The monoisotopic (exact) mass is 395 g/mol. The number of hydrogen-bond acceptors (Lipinski definition) is 5. The first kappa shape index (κ1) is 20.8. The molecule has 0 unspecified atom stereocenters. The van der Waals surface area contributed by atoms with E-state index in [1.54, 1.807) is 21.3 Å². The summed E-state index contributed by atoms with van der Waals surface area (Å²) < 4.78 is 22.1. The summed E-state index contributed by atoms with van der Waals surface area (Å²) in [5.41, 5.74) is 4.36. The van der Waals surface area contributed by atoms with E-state index in [0.717, 1.165) is 55.0 Å². The Morgan fingerprint density at radius 3 is 2.38 bits per heavy atom. The van der Waals surface area contributed by atoms with Crippen LogP contribution in [0.15, 0.2) is 41.4 Å². The van der Waals surface area contributed by atoms with Gasteiger partial charge in [-0.15, -0.1) is 0 Å². The third-order valence-electron chi connectivity index (χ3n) is 4.90. The summed E-state index contributed by atoms with van der Waals surface area (Å²) in [6.07, 6.45) is 7.19. The molecule has 29 heavy (non-hydrogen) atoms. The maximum absolute atomic E-state index is 5.85. The molecule has 0 radical (unpaired) electrons. The molecule has 0 N–H and O–H groups in total. The number of ether oxygens (including phenoxy) is 4. The Bertz CT molecular complexity index is 877. The van der Waals surface area contributed by atoms with Crippen molar-refractivity contribution in [3.8, 4) is 23.0 Å². The fourth-order valence-corrected chi connectivity index (χ4v) is 3.35. The van der Waals surface area contributed by atoms with Crippen molar-refractivity contribution in [1.29, 1.82) is 0 Å². The minimum atomic E-state index is 0.586. The van der Waals surface area contributed by atoms with Gasteiger partial charge in [-0.2, -0.15) is 0 Å².